The van der Waals surface area contributed by atoms with Crippen molar-refractivity contribution in [2.24, 2.45) is 11.7 Å². The fourth-order valence-electron chi connectivity index (χ4n) is 2.55. The van der Waals surface area contributed by atoms with Gasteiger partial charge in [0.05, 0.1) is 0 Å². The molecule has 142 valence electrons. The number of phenolic OH excluding ortho intramolecular Hbond substituents is 1. The summed E-state index contributed by atoms with van der Waals surface area (Å²) < 4.78 is 51.4. The minimum Gasteiger partial charge on any atom is -0.508 e. The molecule has 0 aromatic heterocycles. The summed E-state index contributed by atoms with van der Waals surface area (Å²) in [6.07, 6.45) is -1.87. The van der Waals surface area contributed by atoms with E-state index in [0.29, 0.717) is 0 Å². The molecule has 0 saturated heterocycles. The van der Waals surface area contributed by atoms with E-state index < -0.39 is 29.3 Å². The number of allylic oxidation sites excluding steroid dienone is 1. The molecule has 5 nitrogen and oxygen atoms in total. The Kier molecular flexibility index (Phi) is 5.89. The second kappa shape index (κ2) is 7.76. The Hall–Kier alpha value is -2.58. The van der Waals surface area contributed by atoms with Crippen LogP contribution in [0.15, 0.2) is 30.0 Å². The molecule has 0 spiro atoms. The SMILES string of the molecule is N=C(C=C(N)C(F)(F)F)C(=O)N(Cc1ccc(O)cc1F)CC1CCC1. The molecule has 9 heteroatoms. The first-order valence-electron chi connectivity index (χ1n) is 7.97. The molecule has 1 amide bonds. The topological polar surface area (TPSA) is 90.4 Å². The predicted molar refractivity (Wildman–Crippen MR) is 86.9 cm³/mol. The number of carbonyl (C=O) groups excluding carboxylic acids is 1. The summed E-state index contributed by atoms with van der Waals surface area (Å²) >= 11 is 0. The summed E-state index contributed by atoms with van der Waals surface area (Å²) in [6.45, 7) is -0.00905. The molecule has 1 aliphatic carbocycles. The molecule has 26 heavy (non-hydrogen) atoms. The Bertz CT molecular complexity index is 727. The molecule has 1 aromatic rings. The van der Waals surface area contributed by atoms with Crippen molar-refractivity contribution in [1.29, 1.82) is 5.41 Å². The first kappa shape index (κ1) is 19.7. The fourth-order valence-corrected chi connectivity index (χ4v) is 2.55. The van der Waals surface area contributed by atoms with Gasteiger partial charge in [-0.2, -0.15) is 13.2 Å². The zero-order valence-corrected chi connectivity index (χ0v) is 13.8. The highest BCUT2D eigenvalue weighted by Gasteiger charge is 2.33. The lowest BCUT2D eigenvalue weighted by Gasteiger charge is -2.32. The lowest BCUT2D eigenvalue weighted by Crippen LogP contribution is -2.40. The number of alkyl halides is 3. The van der Waals surface area contributed by atoms with E-state index in [4.69, 9.17) is 11.1 Å². The lowest BCUT2D eigenvalue weighted by atomic mass is 9.85. The van der Waals surface area contributed by atoms with Crippen molar-refractivity contribution >= 4 is 11.6 Å². The van der Waals surface area contributed by atoms with Crippen LogP contribution >= 0.6 is 0 Å². The van der Waals surface area contributed by atoms with Gasteiger partial charge in [-0.3, -0.25) is 10.2 Å². The van der Waals surface area contributed by atoms with Crippen LogP contribution < -0.4 is 5.73 Å². The number of amides is 1. The van der Waals surface area contributed by atoms with Crippen LogP contribution in [0.25, 0.3) is 0 Å². The Labute approximate surface area is 147 Å². The third kappa shape index (κ3) is 4.96. The summed E-state index contributed by atoms with van der Waals surface area (Å²) in [4.78, 5) is 13.6. The second-order valence-corrected chi connectivity index (χ2v) is 6.27. The van der Waals surface area contributed by atoms with E-state index in [2.05, 4.69) is 0 Å². The van der Waals surface area contributed by atoms with Crippen LogP contribution in [0.4, 0.5) is 17.6 Å². The van der Waals surface area contributed by atoms with Gasteiger partial charge in [-0.1, -0.05) is 12.5 Å². The number of benzene rings is 1. The monoisotopic (exact) mass is 373 g/mol. The van der Waals surface area contributed by atoms with E-state index >= 15 is 0 Å². The van der Waals surface area contributed by atoms with E-state index in [9.17, 15) is 27.5 Å². The number of nitrogens with two attached hydrogens (primary N) is 1. The molecule has 1 aliphatic rings. The maximum absolute atomic E-state index is 13.9. The molecule has 0 unspecified atom stereocenters. The minimum absolute atomic E-state index is 0.0936. The van der Waals surface area contributed by atoms with Crippen molar-refractivity contribution in [3.05, 3.63) is 41.4 Å². The highest BCUT2D eigenvalue weighted by molar-refractivity contribution is 6.42. The number of hydrogen-bond acceptors (Lipinski definition) is 4. The van der Waals surface area contributed by atoms with Gasteiger partial charge in [0.1, 0.15) is 23.0 Å². The van der Waals surface area contributed by atoms with Gasteiger partial charge in [0.25, 0.3) is 5.91 Å². The smallest absolute Gasteiger partial charge is 0.430 e. The van der Waals surface area contributed by atoms with Crippen LogP contribution in [0, 0.1) is 17.1 Å². The van der Waals surface area contributed by atoms with Crippen molar-refractivity contribution in [3.8, 4) is 5.75 Å². The summed E-state index contributed by atoms with van der Waals surface area (Å²) in [5.74, 6) is -1.82. The zero-order valence-electron chi connectivity index (χ0n) is 13.8. The second-order valence-electron chi connectivity index (χ2n) is 6.27. The van der Waals surface area contributed by atoms with E-state index in [1.54, 1.807) is 0 Å². The largest absolute Gasteiger partial charge is 0.508 e. The number of aromatic hydroxyl groups is 1. The molecule has 0 radical (unpaired) electrons. The van der Waals surface area contributed by atoms with E-state index in [1.807, 2.05) is 0 Å². The van der Waals surface area contributed by atoms with Gasteiger partial charge in [-0.25, -0.2) is 4.39 Å². The summed E-state index contributed by atoms with van der Waals surface area (Å²) in [5.41, 5.74) is 2.49. The number of phenols is 1. The molecule has 0 atom stereocenters. The number of nitrogens with zero attached hydrogens (tertiary/aromatic N) is 1. The van der Waals surface area contributed by atoms with Crippen LogP contribution in [0.1, 0.15) is 24.8 Å². The highest BCUT2D eigenvalue weighted by atomic mass is 19.4. The first-order chi connectivity index (χ1) is 12.1. The third-order valence-corrected chi connectivity index (χ3v) is 4.25. The van der Waals surface area contributed by atoms with Crippen molar-refractivity contribution in [2.45, 2.75) is 32.0 Å². The molecular weight excluding hydrogens is 354 g/mol. The summed E-state index contributed by atoms with van der Waals surface area (Å²) in [6, 6.07) is 3.42. The molecule has 2 rings (SSSR count). The van der Waals surface area contributed by atoms with Gasteiger partial charge in [0.15, 0.2) is 0 Å². The van der Waals surface area contributed by atoms with Gasteiger partial charge in [-0.05, 0) is 30.9 Å². The lowest BCUT2D eigenvalue weighted by molar-refractivity contribution is -0.125. The predicted octanol–water partition coefficient (Wildman–Crippen LogP) is 3.08. The Morgan fingerprint density at radius 2 is 2.04 bits per heavy atom. The minimum atomic E-state index is -4.84. The third-order valence-electron chi connectivity index (χ3n) is 4.25. The van der Waals surface area contributed by atoms with E-state index in [0.717, 1.165) is 30.2 Å². The highest BCUT2D eigenvalue weighted by Crippen LogP contribution is 2.28. The Balaban J connectivity index is 2.20. The maximum Gasteiger partial charge on any atom is 0.430 e. The number of nitrogens with one attached hydrogen (secondary N) is 1. The van der Waals surface area contributed by atoms with Gasteiger partial charge < -0.3 is 15.7 Å². The van der Waals surface area contributed by atoms with Crippen molar-refractivity contribution in [2.75, 3.05) is 6.54 Å². The van der Waals surface area contributed by atoms with Crippen LogP contribution in [-0.2, 0) is 11.3 Å². The molecule has 0 aliphatic heterocycles. The molecular formula is C17H19F4N3O2. The molecule has 4 N–H and O–H groups in total. The number of rotatable bonds is 6. The molecule has 1 aromatic carbocycles. The summed E-state index contributed by atoms with van der Waals surface area (Å²) in [7, 11) is 0. The van der Waals surface area contributed by atoms with Gasteiger partial charge >= 0.3 is 6.18 Å². The van der Waals surface area contributed by atoms with Crippen molar-refractivity contribution in [1.82, 2.24) is 4.90 Å². The number of carbonyl (C=O) groups is 1. The van der Waals surface area contributed by atoms with Crippen molar-refractivity contribution < 1.29 is 27.5 Å². The molecule has 1 fully saturated rings. The average molecular weight is 373 g/mol. The van der Waals surface area contributed by atoms with Crippen LogP contribution in [-0.4, -0.2) is 34.3 Å². The quantitative estimate of drug-likeness (QED) is 0.529. The summed E-state index contributed by atoms with van der Waals surface area (Å²) in [5, 5.41) is 16.9. The molecule has 1 saturated carbocycles. The van der Waals surface area contributed by atoms with Gasteiger partial charge in [0.2, 0.25) is 0 Å². The normalized spacial score (nSPS) is 15.5. The zero-order chi connectivity index (χ0) is 19.5. The van der Waals surface area contributed by atoms with E-state index in [1.165, 1.54) is 12.1 Å². The Morgan fingerprint density at radius 1 is 1.38 bits per heavy atom. The average Bonchev–Trinajstić information content (AvgIpc) is 2.49. The van der Waals surface area contributed by atoms with Gasteiger partial charge in [-0.15, -0.1) is 0 Å². The first-order valence-corrected chi connectivity index (χ1v) is 7.97. The van der Waals surface area contributed by atoms with Gasteiger partial charge in [0, 0.05) is 24.7 Å². The molecule has 0 bridgehead atoms. The molecule has 0 heterocycles. The maximum atomic E-state index is 13.9. The standard InChI is InChI=1S/C17H19F4N3O2/c18-13-6-12(25)5-4-11(13)9-24(8-10-2-1-3-10)16(26)14(22)7-15(23)17(19,20)21/h4-7,10,22,25H,1-3,8-9,23H2. The van der Waals surface area contributed by atoms with Crippen molar-refractivity contribution in [3.63, 3.8) is 0 Å². The Morgan fingerprint density at radius 3 is 2.54 bits per heavy atom. The fraction of sp³-hybridized carbons (Fsp3) is 0.412. The van der Waals surface area contributed by atoms with E-state index in [-0.39, 0.29) is 36.4 Å². The van der Waals surface area contributed by atoms with Crippen LogP contribution in [0.5, 0.6) is 5.75 Å². The number of halogens is 4. The van der Waals surface area contributed by atoms with Crippen LogP contribution in [0.3, 0.4) is 0 Å². The number of hydrogen-bond donors (Lipinski definition) is 3. The van der Waals surface area contributed by atoms with Crippen LogP contribution in [0.2, 0.25) is 0 Å².